The van der Waals surface area contributed by atoms with Crippen molar-refractivity contribution in [2.45, 2.75) is 11.8 Å². The Morgan fingerprint density at radius 3 is 2.69 bits per heavy atom. The Labute approximate surface area is 166 Å². The fraction of sp³-hybridized carbons (Fsp3) is 0.100. The van der Waals surface area contributed by atoms with E-state index in [9.17, 15) is 12.8 Å². The molecule has 0 spiro atoms. The van der Waals surface area contributed by atoms with Crippen LogP contribution in [0.25, 0.3) is 22.2 Å². The number of halogens is 1. The molecule has 0 saturated carbocycles. The minimum Gasteiger partial charge on any atom is -0.397 e. The van der Waals surface area contributed by atoms with Gasteiger partial charge in [-0.2, -0.15) is 0 Å². The second-order valence-corrected chi connectivity index (χ2v) is 8.70. The zero-order chi connectivity index (χ0) is 20.8. The van der Waals surface area contributed by atoms with E-state index in [-0.39, 0.29) is 16.5 Å². The van der Waals surface area contributed by atoms with Crippen LogP contribution in [0.3, 0.4) is 0 Å². The van der Waals surface area contributed by atoms with E-state index >= 15 is 0 Å². The number of H-pyrrole nitrogens is 1. The maximum atomic E-state index is 14.6. The summed E-state index contributed by atoms with van der Waals surface area (Å²) < 4.78 is 38.1. The molecule has 0 aliphatic carbocycles. The summed E-state index contributed by atoms with van der Waals surface area (Å²) in [7, 11) is -3.70. The highest BCUT2D eigenvalue weighted by molar-refractivity contribution is 7.90. The van der Waals surface area contributed by atoms with E-state index in [1.807, 2.05) is 25.3 Å². The van der Waals surface area contributed by atoms with Gasteiger partial charge in [-0.05, 0) is 30.7 Å². The molecule has 2 aromatic carbocycles. The monoisotopic (exact) mass is 411 g/mol. The van der Waals surface area contributed by atoms with E-state index in [1.54, 1.807) is 12.3 Å². The Balaban J connectivity index is 1.78. The van der Waals surface area contributed by atoms with Crippen LogP contribution in [-0.2, 0) is 9.84 Å². The third-order valence-electron chi connectivity index (χ3n) is 4.58. The number of benzene rings is 2. The first-order valence-electron chi connectivity index (χ1n) is 8.71. The van der Waals surface area contributed by atoms with Gasteiger partial charge in [0.05, 0.1) is 22.6 Å². The van der Waals surface area contributed by atoms with Gasteiger partial charge in [-0.15, -0.1) is 0 Å². The molecular formula is C20H18FN5O2S. The van der Waals surface area contributed by atoms with Gasteiger partial charge in [0.1, 0.15) is 4.90 Å². The molecule has 0 unspecified atom stereocenters. The van der Waals surface area contributed by atoms with Gasteiger partial charge in [-0.25, -0.2) is 22.8 Å². The molecule has 0 radical (unpaired) electrons. The number of sulfone groups is 1. The number of hydrogen-bond acceptors (Lipinski definition) is 6. The van der Waals surface area contributed by atoms with Crippen molar-refractivity contribution >= 4 is 38.1 Å². The van der Waals surface area contributed by atoms with E-state index in [4.69, 9.17) is 5.73 Å². The quantitative estimate of drug-likeness (QED) is 0.440. The lowest BCUT2D eigenvalue weighted by molar-refractivity contribution is 0.573. The van der Waals surface area contributed by atoms with Crippen molar-refractivity contribution in [3.05, 3.63) is 60.2 Å². The largest absolute Gasteiger partial charge is 0.397 e. The number of fused-ring (bicyclic) bond motifs is 1. The molecule has 0 fully saturated rings. The predicted octanol–water partition coefficient (Wildman–Crippen LogP) is 3.80. The molecule has 4 rings (SSSR count). The van der Waals surface area contributed by atoms with E-state index in [0.29, 0.717) is 11.4 Å². The lowest BCUT2D eigenvalue weighted by Crippen LogP contribution is -2.06. The SMILES string of the molecule is Cc1cnc(Nc2cccc(S(C)(=O)=O)c2F)nc1-c1c[nH]c2c(N)cccc12. The lowest BCUT2D eigenvalue weighted by Gasteiger charge is -2.11. The van der Waals surface area contributed by atoms with Crippen molar-refractivity contribution in [1.29, 1.82) is 0 Å². The number of aryl methyl sites for hydroxylation is 1. The minimum absolute atomic E-state index is 0.0223. The Hall–Kier alpha value is -3.46. The number of aromatic nitrogens is 3. The Morgan fingerprint density at radius 2 is 1.93 bits per heavy atom. The van der Waals surface area contributed by atoms with E-state index in [1.165, 1.54) is 18.2 Å². The molecule has 148 valence electrons. The lowest BCUT2D eigenvalue weighted by atomic mass is 10.1. The summed E-state index contributed by atoms with van der Waals surface area (Å²) in [6, 6.07) is 9.70. The summed E-state index contributed by atoms with van der Waals surface area (Å²) in [6.45, 7) is 1.87. The van der Waals surface area contributed by atoms with E-state index in [0.717, 1.165) is 28.3 Å². The van der Waals surface area contributed by atoms with Crippen LogP contribution in [0.4, 0.5) is 21.7 Å². The summed E-state index contributed by atoms with van der Waals surface area (Å²) in [4.78, 5) is 11.5. The summed E-state index contributed by atoms with van der Waals surface area (Å²) >= 11 is 0. The average molecular weight is 411 g/mol. The Bertz CT molecular complexity index is 1350. The van der Waals surface area contributed by atoms with Crippen molar-refractivity contribution in [2.24, 2.45) is 0 Å². The van der Waals surface area contributed by atoms with Gasteiger partial charge in [0.15, 0.2) is 15.7 Å². The first-order chi connectivity index (χ1) is 13.8. The highest BCUT2D eigenvalue weighted by Crippen LogP contribution is 2.32. The zero-order valence-corrected chi connectivity index (χ0v) is 16.5. The number of nitrogens with one attached hydrogen (secondary N) is 2. The second-order valence-electron chi connectivity index (χ2n) is 6.71. The summed E-state index contributed by atoms with van der Waals surface area (Å²) in [5.74, 6) is -0.728. The Morgan fingerprint density at radius 1 is 1.17 bits per heavy atom. The standard InChI is InChI=1S/C20H18FN5O2S/c1-11-9-24-20(25-15-7-4-8-16(17(15)21)29(2,27)28)26-18(11)13-10-23-19-12(13)5-3-6-14(19)22/h3-10,23H,22H2,1-2H3,(H,24,25,26). The minimum atomic E-state index is -3.70. The number of rotatable bonds is 4. The molecule has 7 nitrogen and oxygen atoms in total. The zero-order valence-electron chi connectivity index (χ0n) is 15.7. The first-order valence-corrected chi connectivity index (χ1v) is 10.6. The van der Waals surface area contributed by atoms with Crippen LogP contribution in [0.15, 0.2) is 53.7 Å². The number of nitrogens with two attached hydrogens (primary N) is 1. The number of nitrogens with zero attached hydrogens (tertiary/aromatic N) is 2. The molecule has 0 aliphatic heterocycles. The molecule has 4 N–H and O–H groups in total. The van der Waals surface area contributed by atoms with Crippen LogP contribution in [0.1, 0.15) is 5.56 Å². The molecular weight excluding hydrogens is 393 g/mol. The van der Waals surface area contributed by atoms with Gasteiger partial charge in [-0.1, -0.05) is 18.2 Å². The Kier molecular flexibility index (Phi) is 4.46. The molecule has 2 aromatic heterocycles. The van der Waals surface area contributed by atoms with Crippen LogP contribution < -0.4 is 11.1 Å². The van der Waals surface area contributed by atoms with Crippen LogP contribution in [-0.4, -0.2) is 29.6 Å². The topological polar surface area (TPSA) is 114 Å². The summed E-state index contributed by atoms with van der Waals surface area (Å²) in [5.41, 5.74) is 9.73. The van der Waals surface area contributed by atoms with Crippen LogP contribution in [0, 0.1) is 12.7 Å². The highest BCUT2D eigenvalue weighted by atomic mass is 32.2. The molecule has 0 bridgehead atoms. The molecule has 4 aromatic rings. The maximum Gasteiger partial charge on any atom is 0.227 e. The predicted molar refractivity (Wildman–Crippen MR) is 111 cm³/mol. The van der Waals surface area contributed by atoms with Crippen LogP contribution in [0.5, 0.6) is 0 Å². The van der Waals surface area contributed by atoms with Gasteiger partial charge < -0.3 is 16.0 Å². The highest BCUT2D eigenvalue weighted by Gasteiger charge is 2.18. The molecule has 9 heteroatoms. The number of nitrogen functional groups attached to an aromatic ring is 1. The molecule has 0 saturated heterocycles. The van der Waals surface area contributed by atoms with Gasteiger partial charge in [-0.3, -0.25) is 0 Å². The summed E-state index contributed by atoms with van der Waals surface area (Å²) in [5, 5.41) is 3.68. The molecule has 2 heterocycles. The third-order valence-corrected chi connectivity index (χ3v) is 5.70. The van der Waals surface area contributed by atoms with Crippen LogP contribution >= 0.6 is 0 Å². The van der Waals surface area contributed by atoms with Crippen molar-refractivity contribution in [3.63, 3.8) is 0 Å². The maximum absolute atomic E-state index is 14.6. The van der Waals surface area contributed by atoms with Gasteiger partial charge >= 0.3 is 0 Å². The average Bonchev–Trinajstić information content (AvgIpc) is 3.09. The number of anilines is 3. The van der Waals surface area contributed by atoms with Crippen molar-refractivity contribution in [1.82, 2.24) is 15.0 Å². The van der Waals surface area contributed by atoms with Crippen molar-refractivity contribution in [2.75, 3.05) is 17.3 Å². The van der Waals surface area contributed by atoms with Gasteiger partial charge in [0.25, 0.3) is 0 Å². The van der Waals surface area contributed by atoms with Gasteiger partial charge in [0.2, 0.25) is 5.95 Å². The summed E-state index contributed by atoms with van der Waals surface area (Å²) in [6.07, 6.45) is 4.39. The van der Waals surface area contributed by atoms with Crippen molar-refractivity contribution in [3.8, 4) is 11.3 Å². The molecule has 0 atom stereocenters. The van der Waals surface area contributed by atoms with Crippen LogP contribution in [0.2, 0.25) is 0 Å². The van der Waals surface area contributed by atoms with E-state index < -0.39 is 15.7 Å². The van der Waals surface area contributed by atoms with Gasteiger partial charge in [0, 0.05) is 29.6 Å². The molecule has 0 aliphatic rings. The molecule has 29 heavy (non-hydrogen) atoms. The number of hydrogen-bond donors (Lipinski definition) is 3. The first kappa shape index (κ1) is 18.9. The second kappa shape index (κ2) is 6.85. The smallest absolute Gasteiger partial charge is 0.227 e. The fourth-order valence-electron chi connectivity index (χ4n) is 3.16. The number of para-hydroxylation sites is 1. The normalized spacial score (nSPS) is 11.7. The van der Waals surface area contributed by atoms with Crippen molar-refractivity contribution < 1.29 is 12.8 Å². The van der Waals surface area contributed by atoms with E-state index in [2.05, 4.69) is 20.3 Å². The third kappa shape index (κ3) is 3.40. The fourth-order valence-corrected chi connectivity index (χ4v) is 3.92. The number of aromatic amines is 1. The molecule has 0 amide bonds.